The van der Waals surface area contributed by atoms with Gasteiger partial charge >= 0.3 is 0 Å². The Morgan fingerprint density at radius 1 is 1.19 bits per heavy atom. The van der Waals surface area contributed by atoms with E-state index >= 15 is 0 Å². The lowest BCUT2D eigenvalue weighted by atomic mass is 9.91. The molecular formula is C25H30FN5O5. The number of ether oxygens (including phenoxy) is 2. The van der Waals surface area contributed by atoms with Crippen LogP contribution in [0.2, 0.25) is 0 Å². The summed E-state index contributed by atoms with van der Waals surface area (Å²) in [6.45, 7) is 3.18. The van der Waals surface area contributed by atoms with Crippen LogP contribution in [0.5, 0.6) is 5.75 Å². The van der Waals surface area contributed by atoms with E-state index in [1.54, 1.807) is 18.0 Å². The predicted octanol–water partition coefficient (Wildman–Crippen LogP) is 1.22. The molecule has 4 heterocycles. The van der Waals surface area contributed by atoms with E-state index in [0.717, 1.165) is 19.3 Å². The van der Waals surface area contributed by atoms with Gasteiger partial charge in [-0.25, -0.2) is 9.40 Å². The molecule has 4 aliphatic heterocycles. The summed E-state index contributed by atoms with van der Waals surface area (Å²) in [6, 6.07) is 3.23. The van der Waals surface area contributed by atoms with Gasteiger partial charge in [0.15, 0.2) is 0 Å². The first-order chi connectivity index (χ1) is 17.3. The molecule has 1 fully saturated rings. The second-order valence-corrected chi connectivity index (χ2v) is 9.58. The van der Waals surface area contributed by atoms with Gasteiger partial charge in [-0.2, -0.15) is 5.10 Å². The summed E-state index contributed by atoms with van der Waals surface area (Å²) in [5.74, 6) is -1.85. The minimum Gasteiger partial charge on any atom is -0.498 e. The van der Waals surface area contributed by atoms with Crippen LogP contribution < -0.4 is 10.1 Å². The third kappa shape index (κ3) is 3.96. The zero-order chi connectivity index (χ0) is 25.6. The molecule has 3 atom stereocenters. The fourth-order valence-corrected chi connectivity index (χ4v) is 5.46. The van der Waals surface area contributed by atoms with Crippen LogP contribution in [0, 0.1) is 11.7 Å². The van der Waals surface area contributed by atoms with Gasteiger partial charge in [-0.05, 0) is 32.3 Å². The number of amides is 3. The fraction of sp³-hybridized carbons (Fsp3) is 0.520. The number of carbonyl (C=O) groups excluding carboxylic acids is 3. The SMILES string of the molecule is COC1=C2C(=O)N(C)C[C@H](C)N2C2C3=NN(Cc4ccc(F)cc4OCCCCCNC3=O)C(=O)C12. The Morgan fingerprint density at radius 2 is 2.00 bits per heavy atom. The highest BCUT2D eigenvalue weighted by Crippen LogP contribution is 2.43. The number of nitrogens with one attached hydrogen (secondary N) is 1. The Morgan fingerprint density at radius 3 is 2.78 bits per heavy atom. The van der Waals surface area contributed by atoms with E-state index in [0.29, 0.717) is 31.0 Å². The molecule has 2 unspecified atom stereocenters. The van der Waals surface area contributed by atoms with Crippen LogP contribution in [0.3, 0.4) is 0 Å². The van der Waals surface area contributed by atoms with Crippen molar-refractivity contribution in [2.45, 2.75) is 44.8 Å². The minimum absolute atomic E-state index is 0.0236. The first-order valence-corrected chi connectivity index (χ1v) is 12.2. The zero-order valence-electron chi connectivity index (χ0n) is 20.6. The van der Waals surface area contributed by atoms with E-state index < -0.39 is 23.7 Å². The number of likely N-dealkylation sites (N-methyl/N-ethyl adjacent to an activating group) is 1. The number of halogens is 1. The summed E-state index contributed by atoms with van der Waals surface area (Å²) >= 11 is 0. The minimum atomic E-state index is -0.918. The largest absolute Gasteiger partial charge is 0.498 e. The number of carbonyl (C=O) groups is 3. The van der Waals surface area contributed by atoms with Crippen LogP contribution in [0.4, 0.5) is 4.39 Å². The van der Waals surface area contributed by atoms with Crippen molar-refractivity contribution in [3.63, 3.8) is 0 Å². The van der Waals surface area contributed by atoms with Crippen molar-refractivity contribution in [1.29, 1.82) is 0 Å². The van der Waals surface area contributed by atoms with Crippen LogP contribution in [0.25, 0.3) is 0 Å². The number of hydrogen-bond acceptors (Lipinski definition) is 7. The van der Waals surface area contributed by atoms with Crippen molar-refractivity contribution in [2.75, 3.05) is 33.9 Å². The lowest BCUT2D eigenvalue weighted by Gasteiger charge is -2.43. The van der Waals surface area contributed by atoms with Crippen molar-refractivity contribution in [3.8, 4) is 5.75 Å². The molecule has 11 heteroatoms. The molecule has 3 amide bonds. The summed E-state index contributed by atoms with van der Waals surface area (Å²) in [6.07, 6.45) is 2.29. The quantitative estimate of drug-likeness (QED) is 0.623. The third-order valence-electron chi connectivity index (χ3n) is 7.15. The fourth-order valence-electron chi connectivity index (χ4n) is 5.46. The average molecular weight is 500 g/mol. The highest BCUT2D eigenvalue weighted by molar-refractivity contribution is 6.42. The molecule has 5 rings (SSSR count). The zero-order valence-corrected chi connectivity index (χ0v) is 20.6. The molecule has 0 spiro atoms. The van der Waals surface area contributed by atoms with Crippen LogP contribution in [-0.2, 0) is 25.7 Å². The second-order valence-electron chi connectivity index (χ2n) is 9.58. The molecule has 4 aliphatic rings. The maximum absolute atomic E-state index is 14.0. The Kier molecular flexibility index (Phi) is 6.31. The lowest BCUT2D eigenvalue weighted by molar-refractivity contribution is -0.139. The lowest BCUT2D eigenvalue weighted by Crippen LogP contribution is -2.61. The smallest absolute Gasteiger partial charge is 0.273 e. The molecule has 2 bridgehead atoms. The summed E-state index contributed by atoms with van der Waals surface area (Å²) in [5, 5.41) is 8.66. The third-order valence-corrected chi connectivity index (χ3v) is 7.15. The van der Waals surface area contributed by atoms with E-state index in [1.165, 1.54) is 24.3 Å². The number of hydrogen-bond donors (Lipinski definition) is 1. The van der Waals surface area contributed by atoms with E-state index in [4.69, 9.17) is 9.47 Å². The van der Waals surface area contributed by atoms with Crippen LogP contribution in [-0.4, -0.2) is 84.2 Å². The van der Waals surface area contributed by atoms with Gasteiger partial charge in [-0.1, -0.05) is 6.07 Å². The van der Waals surface area contributed by atoms with Crippen molar-refractivity contribution in [1.82, 2.24) is 20.1 Å². The van der Waals surface area contributed by atoms with Crippen molar-refractivity contribution >= 4 is 23.4 Å². The summed E-state index contributed by atoms with van der Waals surface area (Å²) in [4.78, 5) is 43.9. The molecule has 36 heavy (non-hydrogen) atoms. The molecular weight excluding hydrogens is 469 g/mol. The number of nitrogens with zero attached hydrogens (tertiary/aromatic N) is 4. The monoisotopic (exact) mass is 499 g/mol. The van der Waals surface area contributed by atoms with Gasteiger partial charge in [0.2, 0.25) is 0 Å². The van der Waals surface area contributed by atoms with Crippen LogP contribution in [0.15, 0.2) is 34.8 Å². The van der Waals surface area contributed by atoms with Gasteiger partial charge in [-0.15, -0.1) is 0 Å². The molecule has 1 aromatic rings. The van der Waals surface area contributed by atoms with Crippen LogP contribution in [0.1, 0.15) is 31.7 Å². The number of rotatable bonds is 1. The van der Waals surface area contributed by atoms with Crippen molar-refractivity contribution < 1.29 is 28.2 Å². The Hall–Kier alpha value is -3.63. The number of fused-ring (bicyclic) bond motifs is 6. The van der Waals surface area contributed by atoms with Gasteiger partial charge in [0.25, 0.3) is 17.7 Å². The molecule has 0 radical (unpaired) electrons. The topological polar surface area (TPSA) is 104 Å². The summed E-state index contributed by atoms with van der Waals surface area (Å²) in [5.41, 5.74) is 0.999. The van der Waals surface area contributed by atoms with E-state index in [9.17, 15) is 18.8 Å². The Labute approximate surface area is 208 Å². The normalized spacial score (nSPS) is 26.9. The standard InChI is InChI=1S/C25H30FN5O5/c1-14-12-29(2)25(34)21-22(35-3)18-20(31(14)21)19-23(32)27-9-5-4-6-10-36-17-11-16(26)8-7-15(17)13-30(28-19)24(18)33/h7-8,11,14,18,20H,4-6,9-10,12-13H2,1-3H3,(H,27,32)/t14-,18?,20?/m0/s1. The number of hydrazone groups is 1. The predicted molar refractivity (Wildman–Crippen MR) is 127 cm³/mol. The second kappa shape index (κ2) is 9.44. The van der Waals surface area contributed by atoms with Crippen LogP contribution >= 0.6 is 0 Å². The maximum atomic E-state index is 14.0. The molecule has 192 valence electrons. The van der Waals surface area contributed by atoms with Crippen molar-refractivity contribution in [3.05, 3.63) is 41.0 Å². The molecule has 0 aromatic heterocycles. The number of piperazine rings is 1. The van der Waals surface area contributed by atoms with Crippen molar-refractivity contribution in [2.24, 2.45) is 11.0 Å². The molecule has 10 nitrogen and oxygen atoms in total. The van der Waals surface area contributed by atoms with Gasteiger partial charge in [-0.3, -0.25) is 14.4 Å². The first-order valence-electron chi connectivity index (χ1n) is 12.2. The van der Waals surface area contributed by atoms with Gasteiger partial charge in [0.05, 0.1) is 26.3 Å². The molecule has 0 aliphatic carbocycles. The Balaban J connectivity index is 1.62. The first kappa shape index (κ1) is 24.1. The van der Waals surface area contributed by atoms with Gasteiger partial charge < -0.3 is 24.6 Å². The summed E-state index contributed by atoms with van der Waals surface area (Å²) < 4.78 is 25.5. The van der Waals surface area contributed by atoms with E-state index in [2.05, 4.69) is 10.4 Å². The highest BCUT2D eigenvalue weighted by atomic mass is 19.1. The Bertz CT molecular complexity index is 1170. The highest BCUT2D eigenvalue weighted by Gasteiger charge is 2.58. The number of benzene rings is 1. The maximum Gasteiger partial charge on any atom is 0.273 e. The van der Waals surface area contributed by atoms with Gasteiger partial charge in [0.1, 0.15) is 34.7 Å². The summed E-state index contributed by atoms with van der Waals surface area (Å²) in [7, 11) is 3.13. The van der Waals surface area contributed by atoms with Gasteiger partial charge in [0, 0.05) is 37.8 Å². The molecule has 1 saturated heterocycles. The number of methoxy groups -OCH3 is 1. The molecule has 1 aromatic carbocycles. The van der Waals surface area contributed by atoms with E-state index in [-0.39, 0.29) is 41.6 Å². The van der Waals surface area contributed by atoms with E-state index in [1.807, 2.05) is 11.8 Å². The molecule has 1 N–H and O–H groups in total. The molecule has 0 saturated carbocycles. The average Bonchev–Trinajstić information content (AvgIpc) is 3.20.